The quantitative estimate of drug-likeness (QED) is 0.190. The second-order valence-corrected chi connectivity index (χ2v) is 13.5. The molecular formula is C38H42N4O9. The van der Waals surface area contributed by atoms with E-state index in [1.54, 1.807) is 45.4 Å². The Morgan fingerprint density at radius 2 is 1.80 bits per heavy atom. The molecule has 0 aromatic heterocycles. The van der Waals surface area contributed by atoms with E-state index in [-0.39, 0.29) is 56.3 Å². The number of ether oxygens (including phenoxy) is 6. The summed E-state index contributed by atoms with van der Waals surface area (Å²) >= 11 is 0. The molecule has 268 valence electrons. The number of nitrogens with one attached hydrogen (secondary N) is 1. The third-order valence-corrected chi connectivity index (χ3v) is 10.6. The van der Waals surface area contributed by atoms with Gasteiger partial charge in [0.25, 0.3) is 0 Å². The number of fused-ring (bicyclic) bond motifs is 9. The molecule has 0 spiro atoms. The van der Waals surface area contributed by atoms with Crippen LogP contribution < -0.4 is 29.0 Å². The summed E-state index contributed by atoms with van der Waals surface area (Å²) in [6, 6.07) is 9.65. The summed E-state index contributed by atoms with van der Waals surface area (Å²) in [5, 5.41) is 25.8. The number of benzene rings is 3. The maximum absolute atomic E-state index is 13.5. The van der Waals surface area contributed by atoms with Crippen LogP contribution in [0.5, 0.6) is 34.5 Å². The van der Waals surface area contributed by atoms with E-state index in [1.165, 1.54) is 6.92 Å². The third kappa shape index (κ3) is 5.77. The van der Waals surface area contributed by atoms with Gasteiger partial charge in [0.15, 0.2) is 29.8 Å². The van der Waals surface area contributed by atoms with Gasteiger partial charge in [-0.15, -0.1) is 0 Å². The lowest BCUT2D eigenvalue weighted by Gasteiger charge is -2.60. The number of likely N-dealkylation sites (N-methyl/N-ethyl adjacent to an activating group) is 1. The highest BCUT2D eigenvalue weighted by Crippen LogP contribution is 2.58. The average molecular weight is 699 g/mol. The Morgan fingerprint density at radius 3 is 2.49 bits per heavy atom. The molecular weight excluding hydrogens is 656 g/mol. The number of rotatable bonds is 9. The molecule has 2 N–H and O–H groups in total. The molecule has 0 saturated carbocycles. The van der Waals surface area contributed by atoms with Crippen molar-refractivity contribution >= 4 is 11.9 Å². The van der Waals surface area contributed by atoms with Gasteiger partial charge in [-0.3, -0.25) is 19.4 Å². The normalized spacial score (nSPS) is 23.0. The molecule has 1 amide bonds. The van der Waals surface area contributed by atoms with Gasteiger partial charge < -0.3 is 38.8 Å². The highest BCUT2D eigenvalue weighted by molar-refractivity contribution is 5.79. The number of methoxy groups -OCH3 is 2. The van der Waals surface area contributed by atoms with E-state index >= 15 is 0 Å². The first-order chi connectivity index (χ1) is 24.6. The molecule has 7 rings (SSSR count). The predicted molar refractivity (Wildman–Crippen MR) is 183 cm³/mol. The van der Waals surface area contributed by atoms with Crippen molar-refractivity contribution in [3.8, 4) is 40.6 Å². The van der Waals surface area contributed by atoms with E-state index in [2.05, 4.69) is 27.3 Å². The van der Waals surface area contributed by atoms with E-state index in [4.69, 9.17) is 28.4 Å². The molecule has 4 aliphatic heterocycles. The van der Waals surface area contributed by atoms with Crippen molar-refractivity contribution in [3.05, 3.63) is 69.3 Å². The number of amides is 1. The number of phenols is 1. The van der Waals surface area contributed by atoms with Crippen molar-refractivity contribution in [2.45, 2.75) is 70.2 Å². The Labute approximate surface area is 296 Å². The summed E-state index contributed by atoms with van der Waals surface area (Å²) in [5.41, 5.74) is 5.70. The molecule has 3 aromatic rings. The fraction of sp³-hybridized carbons (Fsp3) is 0.447. The van der Waals surface area contributed by atoms with Crippen molar-refractivity contribution in [2.24, 2.45) is 0 Å². The predicted octanol–water partition coefficient (Wildman–Crippen LogP) is 3.78. The first-order valence-electron chi connectivity index (χ1n) is 17.0. The lowest BCUT2D eigenvalue weighted by Crippen LogP contribution is -2.68. The van der Waals surface area contributed by atoms with Crippen LogP contribution in [-0.2, 0) is 33.6 Å². The Kier molecular flexibility index (Phi) is 9.18. The first kappa shape index (κ1) is 34.4. The number of aromatic hydroxyl groups is 1. The average Bonchev–Trinajstić information content (AvgIpc) is 3.59. The summed E-state index contributed by atoms with van der Waals surface area (Å²) < 4.78 is 34.5. The van der Waals surface area contributed by atoms with Crippen molar-refractivity contribution < 1.29 is 43.1 Å². The zero-order valence-corrected chi connectivity index (χ0v) is 29.6. The third-order valence-electron chi connectivity index (χ3n) is 10.6. The number of esters is 1. The van der Waals surface area contributed by atoms with E-state index in [0.717, 1.165) is 22.3 Å². The first-order valence-corrected chi connectivity index (χ1v) is 17.0. The zero-order chi connectivity index (χ0) is 36.1. The Hall–Kier alpha value is -5.03. The summed E-state index contributed by atoms with van der Waals surface area (Å²) in [5.74, 6) is 2.08. The molecule has 51 heavy (non-hydrogen) atoms. The van der Waals surface area contributed by atoms with Crippen LogP contribution in [0.4, 0.5) is 0 Å². The number of phenolic OH excluding ortho intramolecular Hbond substituents is 1. The number of hydrogen-bond donors (Lipinski definition) is 2. The largest absolute Gasteiger partial charge is 0.507 e. The van der Waals surface area contributed by atoms with Gasteiger partial charge in [-0.25, -0.2) is 0 Å². The fourth-order valence-electron chi connectivity index (χ4n) is 8.58. The van der Waals surface area contributed by atoms with Crippen molar-refractivity contribution in [2.75, 3.05) is 41.4 Å². The van der Waals surface area contributed by atoms with Gasteiger partial charge in [-0.05, 0) is 62.6 Å². The minimum absolute atomic E-state index is 0.000296. The second-order valence-electron chi connectivity index (χ2n) is 13.5. The summed E-state index contributed by atoms with van der Waals surface area (Å²) in [7, 11) is 5.23. The summed E-state index contributed by atoms with van der Waals surface area (Å²) in [6.45, 7) is 5.28. The topological polar surface area (TPSA) is 152 Å². The maximum atomic E-state index is 13.5. The van der Waals surface area contributed by atoms with Crippen LogP contribution in [0.25, 0.3) is 0 Å². The second kappa shape index (κ2) is 13.6. The number of piperazine rings is 1. The van der Waals surface area contributed by atoms with Gasteiger partial charge in [0, 0.05) is 54.9 Å². The molecule has 4 aliphatic rings. The number of carbonyl (C=O) groups is 2. The van der Waals surface area contributed by atoms with E-state index in [9.17, 15) is 20.0 Å². The van der Waals surface area contributed by atoms with E-state index in [0.29, 0.717) is 58.3 Å². The van der Waals surface area contributed by atoms with Crippen LogP contribution in [-0.4, -0.2) is 86.3 Å². The van der Waals surface area contributed by atoms with Gasteiger partial charge in [0.2, 0.25) is 12.7 Å². The van der Waals surface area contributed by atoms with Crippen LogP contribution in [0.2, 0.25) is 0 Å². The Bertz CT molecular complexity index is 1920. The molecule has 5 atom stereocenters. The number of nitriles is 1. The lowest BCUT2D eigenvalue weighted by atomic mass is 9.71. The van der Waals surface area contributed by atoms with Gasteiger partial charge in [-0.2, -0.15) is 5.26 Å². The molecule has 13 nitrogen and oxygen atoms in total. The fourth-order valence-corrected chi connectivity index (χ4v) is 8.58. The number of nitrogens with zero attached hydrogens (tertiary/aromatic N) is 3. The minimum atomic E-state index is -0.569. The minimum Gasteiger partial charge on any atom is -0.507 e. The van der Waals surface area contributed by atoms with Gasteiger partial charge >= 0.3 is 5.97 Å². The van der Waals surface area contributed by atoms with Crippen LogP contribution in [0, 0.1) is 25.2 Å². The zero-order valence-electron chi connectivity index (χ0n) is 29.6. The van der Waals surface area contributed by atoms with Gasteiger partial charge in [0.1, 0.15) is 17.5 Å². The van der Waals surface area contributed by atoms with Crippen LogP contribution in [0.1, 0.15) is 58.0 Å². The Morgan fingerprint density at radius 1 is 1.06 bits per heavy atom. The molecule has 3 aromatic carbocycles. The molecule has 4 heterocycles. The Balaban J connectivity index is 1.31. The van der Waals surface area contributed by atoms with E-state index in [1.807, 2.05) is 14.0 Å². The van der Waals surface area contributed by atoms with E-state index < -0.39 is 18.1 Å². The maximum Gasteiger partial charge on any atom is 0.308 e. The van der Waals surface area contributed by atoms with Crippen molar-refractivity contribution in [1.29, 1.82) is 5.26 Å². The highest BCUT2D eigenvalue weighted by Gasteiger charge is 2.56. The summed E-state index contributed by atoms with van der Waals surface area (Å²) in [4.78, 5) is 29.3. The van der Waals surface area contributed by atoms with Crippen molar-refractivity contribution in [3.63, 3.8) is 0 Å². The molecule has 1 saturated heterocycles. The van der Waals surface area contributed by atoms with Crippen LogP contribution in [0.15, 0.2) is 30.3 Å². The lowest BCUT2D eigenvalue weighted by molar-refractivity contribution is -0.132. The molecule has 2 bridgehead atoms. The van der Waals surface area contributed by atoms with Crippen LogP contribution >= 0.6 is 0 Å². The summed E-state index contributed by atoms with van der Waals surface area (Å²) in [6.07, 6.45) is 1.07. The van der Waals surface area contributed by atoms with Crippen molar-refractivity contribution in [1.82, 2.24) is 15.1 Å². The molecule has 13 heteroatoms. The number of hydrogen-bond acceptors (Lipinski definition) is 12. The molecule has 0 aliphatic carbocycles. The SMILES string of the molecule is COCOc1c(OC)c(C)cc2c1[C@@H]1[C@@H]3Cc4c(O)c(C)c5c(c4[C@H](CNC(=O)Cc4ccc(OC(C)=O)cc4)N3[C@@H](C#N)[C@H](C2)N1C)OCO5. The number of carbonyl (C=O) groups excluding carboxylic acids is 2. The highest BCUT2D eigenvalue weighted by atomic mass is 16.7. The van der Waals surface area contributed by atoms with Gasteiger partial charge in [-0.1, -0.05) is 18.2 Å². The van der Waals surface area contributed by atoms with Crippen LogP contribution in [0.3, 0.4) is 0 Å². The molecule has 1 fully saturated rings. The van der Waals surface area contributed by atoms with Gasteiger partial charge in [0.05, 0.1) is 31.7 Å². The standard InChI is InChI=1S/C38H42N4O9/c1-19-11-23-13-26-28(15-39)42-27(33(41(26)4)31(23)37(35(19)47-6)48-17-46-5)14-25-32(38-36(49-18-50-38)20(2)34(25)45)29(42)16-40-30(44)12-22-7-9-24(10-8-22)51-21(3)43/h7-11,26-29,33,45H,12-14,16-18H2,1-6H3,(H,40,44)/t26-,27-,28-,29-,33-/m0/s1. The monoisotopic (exact) mass is 698 g/mol. The smallest absolute Gasteiger partial charge is 0.308 e. The molecule has 0 unspecified atom stereocenters. The number of aryl methyl sites for hydroxylation is 1. The molecule has 0 radical (unpaired) electrons.